The van der Waals surface area contributed by atoms with Crippen LogP contribution in [-0.4, -0.2) is 40.9 Å². The molecule has 0 atom stereocenters. The Balaban J connectivity index is 0.000000211. The third kappa shape index (κ3) is 8.54. The zero-order valence-electron chi connectivity index (χ0n) is 21.5. The Morgan fingerprint density at radius 1 is 0.474 bits per heavy atom. The molecule has 0 aliphatic rings. The minimum atomic E-state index is 0.683. The first kappa shape index (κ1) is 28.6. The van der Waals surface area contributed by atoms with E-state index in [-0.39, 0.29) is 0 Å². The smallest absolute Gasteiger partial charge is 0.161 e. The van der Waals surface area contributed by atoms with Crippen molar-refractivity contribution >= 4 is 47.0 Å². The van der Waals surface area contributed by atoms with Crippen molar-refractivity contribution in [3.8, 4) is 23.0 Å². The molecule has 4 aromatic carbocycles. The summed E-state index contributed by atoms with van der Waals surface area (Å²) >= 11 is 11.6. The summed E-state index contributed by atoms with van der Waals surface area (Å²) in [5.41, 5.74) is 3.57. The van der Waals surface area contributed by atoms with Crippen LogP contribution in [0.1, 0.15) is 11.1 Å². The van der Waals surface area contributed by atoms with Crippen molar-refractivity contribution in [2.75, 3.05) is 28.4 Å². The molecular formula is C30H28Cl2N2O4. The Morgan fingerprint density at radius 3 is 1.13 bits per heavy atom. The van der Waals surface area contributed by atoms with E-state index in [2.05, 4.69) is 9.98 Å². The number of methoxy groups -OCH3 is 4. The van der Waals surface area contributed by atoms with E-state index in [1.807, 2.05) is 84.9 Å². The second kappa shape index (κ2) is 14.7. The lowest BCUT2D eigenvalue weighted by molar-refractivity contribution is 0.355. The standard InChI is InChI=1S/2C15H14ClNO2/c2*1-18-14-8-3-11(9-15(14)19-2)10-17-13-6-4-12(16)5-7-13/h2*3-10H,1-2H3. The molecule has 4 rings (SSSR count). The Kier molecular flexibility index (Phi) is 11.0. The van der Waals surface area contributed by atoms with E-state index in [1.54, 1.807) is 40.9 Å². The molecule has 38 heavy (non-hydrogen) atoms. The van der Waals surface area contributed by atoms with Crippen LogP contribution < -0.4 is 18.9 Å². The first-order valence-corrected chi connectivity index (χ1v) is 12.2. The molecule has 0 amide bonds. The molecule has 196 valence electrons. The molecule has 0 N–H and O–H groups in total. The van der Waals surface area contributed by atoms with Crippen LogP contribution in [0, 0.1) is 0 Å². The fourth-order valence-corrected chi connectivity index (χ4v) is 3.47. The van der Waals surface area contributed by atoms with E-state index in [4.69, 9.17) is 42.1 Å². The number of ether oxygens (including phenoxy) is 4. The van der Waals surface area contributed by atoms with Gasteiger partial charge in [0.1, 0.15) is 0 Å². The highest BCUT2D eigenvalue weighted by atomic mass is 35.5. The quantitative estimate of drug-likeness (QED) is 0.207. The SMILES string of the molecule is COc1ccc(C=Nc2ccc(Cl)cc2)cc1OC.COc1ccc(C=Nc2ccc(Cl)cc2)cc1OC. The summed E-state index contributed by atoms with van der Waals surface area (Å²) in [6, 6.07) is 26.0. The second-order valence-electron chi connectivity index (χ2n) is 7.70. The lowest BCUT2D eigenvalue weighted by atomic mass is 10.2. The van der Waals surface area contributed by atoms with Gasteiger partial charge in [-0.25, -0.2) is 0 Å². The average molecular weight is 551 g/mol. The Morgan fingerprint density at radius 2 is 0.816 bits per heavy atom. The molecule has 6 nitrogen and oxygen atoms in total. The maximum atomic E-state index is 5.82. The third-order valence-electron chi connectivity index (χ3n) is 5.19. The number of halogens is 2. The predicted octanol–water partition coefficient (Wildman–Crippen LogP) is 8.22. The third-order valence-corrected chi connectivity index (χ3v) is 5.70. The minimum absolute atomic E-state index is 0.683. The van der Waals surface area contributed by atoms with E-state index in [0.29, 0.717) is 33.0 Å². The van der Waals surface area contributed by atoms with Crippen molar-refractivity contribution in [2.24, 2.45) is 9.98 Å². The summed E-state index contributed by atoms with van der Waals surface area (Å²) in [5.74, 6) is 2.77. The number of nitrogens with zero attached hydrogens (tertiary/aromatic N) is 2. The number of aliphatic imine (C=N–C) groups is 2. The van der Waals surface area contributed by atoms with Gasteiger partial charge >= 0.3 is 0 Å². The molecule has 0 aromatic heterocycles. The van der Waals surface area contributed by atoms with Gasteiger partial charge in [0.05, 0.1) is 39.8 Å². The van der Waals surface area contributed by atoms with Gasteiger partial charge in [-0.15, -0.1) is 0 Å². The largest absolute Gasteiger partial charge is 0.493 e. The van der Waals surface area contributed by atoms with Crippen molar-refractivity contribution in [1.82, 2.24) is 0 Å². The van der Waals surface area contributed by atoms with Crippen LogP contribution in [0.3, 0.4) is 0 Å². The van der Waals surface area contributed by atoms with Gasteiger partial charge in [-0.2, -0.15) is 0 Å². The molecule has 0 saturated heterocycles. The highest BCUT2D eigenvalue weighted by Gasteiger charge is 2.04. The van der Waals surface area contributed by atoms with E-state index in [0.717, 1.165) is 22.5 Å². The highest BCUT2D eigenvalue weighted by molar-refractivity contribution is 6.30. The van der Waals surface area contributed by atoms with E-state index < -0.39 is 0 Å². The topological polar surface area (TPSA) is 61.6 Å². The average Bonchev–Trinajstić information content (AvgIpc) is 2.96. The Labute approximate surface area is 233 Å². The van der Waals surface area contributed by atoms with Crippen LogP contribution in [0.15, 0.2) is 94.9 Å². The second-order valence-corrected chi connectivity index (χ2v) is 8.57. The first-order chi connectivity index (χ1) is 18.4. The molecule has 0 fully saturated rings. The first-order valence-electron chi connectivity index (χ1n) is 11.5. The molecule has 4 aromatic rings. The summed E-state index contributed by atoms with van der Waals surface area (Å²) in [6.07, 6.45) is 3.54. The number of hydrogen-bond donors (Lipinski definition) is 0. The van der Waals surface area contributed by atoms with Crippen molar-refractivity contribution < 1.29 is 18.9 Å². The molecule has 0 spiro atoms. The van der Waals surface area contributed by atoms with Crippen molar-refractivity contribution in [2.45, 2.75) is 0 Å². The molecule has 0 radical (unpaired) electrons. The van der Waals surface area contributed by atoms with Crippen LogP contribution in [0.25, 0.3) is 0 Å². The number of benzene rings is 4. The predicted molar refractivity (Wildman–Crippen MR) is 157 cm³/mol. The van der Waals surface area contributed by atoms with E-state index >= 15 is 0 Å². The summed E-state index contributed by atoms with van der Waals surface area (Å²) in [6.45, 7) is 0. The monoisotopic (exact) mass is 550 g/mol. The summed E-state index contributed by atoms with van der Waals surface area (Å²) in [7, 11) is 6.44. The van der Waals surface area contributed by atoms with E-state index in [1.165, 1.54) is 0 Å². The van der Waals surface area contributed by atoms with Gasteiger partial charge in [0.15, 0.2) is 23.0 Å². The Bertz CT molecular complexity index is 1270. The van der Waals surface area contributed by atoms with Crippen LogP contribution in [0.4, 0.5) is 11.4 Å². The molecule has 8 heteroatoms. The van der Waals surface area contributed by atoms with Crippen molar-refractivity contribution in [1.29, 1.82) is 0 Å². The van der Waals surface area contributed by atoms with Crippen LogP contribution >= 0.6 is 23.2 Å². The summed E-state index contributed by atoms with van der Waals surface area (Å²) in [4.78, 5) is 8.74. The maximum absolute atomic E-state index is 5.82. The van der Waals surface area contributed by atoms with Crippen molar-refractivity contribution in [3.05, 3.63) is 106 Å². The fourth-order valence-electron chi connectivity index (χ4n) is 3.22. The zero-order chi connectivity index (χ0) is 27.3. The highest BCUT2D eigenvalue weighted by Crippen LogP contribution is 2.28. The normalized spacial score (nSPS) is 10.7. The van der Waals surface area contributed by atoms with Gasteiger partial charge in [0, 0.05) is 22.5 Å². The molecule has 0 unspecified atom stereocenters. The fraction of sp³-hybridized carbons (Fsp3) is 0.133. The summed E-state index contributed by atoms with van der Waals surface area (Å²) < 4.78 is 20.8. The lowest BCUT2D eigenvalue weighted by Crippen LogP contribution is -1.91. The molecule has 0 aliphatic heterocycles. The molecule has 0 aliphatic carbocycles. The maximum Gasteiger partial charge on any atom is 0.161 e. The van der Waals surface area contributed by atoms with E-state index in [9.17, 15) is 0 Å². The molecule has 0 saturated carbocycles. The van der Waals surface area contributed by atoms with Gasteiger partial charge < -0.3 is 18.9 Å². The van der Waals surface area contributed by atoms with Gasteiger partial charge in [-0.1, -0.05) is 23.2 Å². The molecule has 0 heterocycles. The Hall–Kier alpha value is -4.00. The van der Waals surface area contributed by atoms with Gasteiger partial charge in [-0.3, -0.25) is 9.98 Å². The summed E-state index contributed by atoms with van der Waals surface area (Å²) in [5, 5.41) is 1.40. The minimum Gasteiger partial charge on any atom is -0.493 e. The van der Waals surface area contributed by atoms with Crippen LogP contribution in [-0.2, 0) is 0 Å². The van der Waals surface area contributed by atoms with Crippen molar-refractivity contribution in [3.63, 3.8) is 0 Å². The zero-order valence-corrected chi connectivity index (χ0v) is 23.0. The number of hydrogen-bond acceptors (Lipinski definition) is 6. The molecular weight excluding hydrogens is 523 g/mol. The van der Waals surface area contributed by atoms with Gasteiger partial charge in [0.2, 0.25) is 0 Å². The molecule has 0 bridgehead atoms. The lowest BCUT2D eigenvalue weighted by Gasteiger charge is -2.07. The van der Waals surface area contributed by atoms with Crippen LogP contribution in [0.5, 0.6) is 23.0 Å². The van der Waals surface area contributed by atoms with Gasteiger partial charge in [-0.05, 0) is 96.1 Å². The van der Waals surface area contributed by atoms with Crippen LogP contribution in [0.2, 0.25) is 10.0 Å². The number of rotatable bonds is 8. The van der Waals surface area contributed by atoms with Gasteiger partial charge in [0.25, 0.3) is 0 Å².